The molecule has 0 spiro atoms. The number of nitrogens with zero attached hydrogens (tertiary/aromatic N) is 3. The Balaban J connectivity index is 1.93. The van der Waals surface area contributed by atoms with Crippen molar-refractivity contribution < 1.29 is 22.6 Å². The molecule has 0 atom stereocenters. The number of benzene rings is 1. The molecule has 2 heterocycles. The number of nitrogens with one attached hydrogen (secondary N) is 2. The Morgan fingerprint density at radius 3 is 2.64 bits per heavy atom. The molecule has 2 N–H and O–H groups in total. The molecule has 1 aromatic carbocycles. The van der Waals surface area contributed by atoms with E-state index in [0.717, 1.165) is 11.9 Å². The first-order chi connectivity index (χ1) is 11.9. The van der Waals surface area contributed by atoms with Crippen molar-refractivity contribution in [2.45, 2.75) is 12.7 Å². The molecule has 3 aromatic rings. The van der Waals surface area contributed by atoms with Crippen LogP contribution in [0.1, 0.15) is 11.3 Å². The lowest BCUT2D eigenvalue weighted by Crippen LogP contribution is -2.09. The molecule has 2 aromatic heterocycles. The van der Waals surface area contributed by atoms with Crippen LogP contribution in [0, 0.1) is 0 Å². The highest BCUT2D eigenvalue weighted by Gasteiger charge is 2.36. The zero-order valence-electron chi connectivity index (χ0n) is 13.3. The molecule has 10 heteroatoms. The summed E-state index contributed by atoms with van der Waals surface area (Å²) in [5.74, 6) is 1.18. The Bertz CT molecular complexity index is 894. The number of aromatic nitrogens is 4. The summed E-state index contributed by atoms with van der Waals surface area (Å²) >= 11 is 0. The highest BCUT2D eigenvalue weighted by atomic mass is 19.4. The largest absolute Gasteiger partial charge is 0.497 e. The first-order valence-corrected chi connectivity index (χ1v) is 7.15. The number of halogens is 3. The minimum Gasteiger partial charge on any atom is -0.497 e. The maximum absolute atomic E-state index is 13.1. The van der Waals surface area contributed by atoms with Crippen LogP contribution in [-0.2, 0) is 12.7 Å². The van der Waals surface area contributed by atoms with E-state index in [0.29, 0.717) is 11.5 Å². The van der Waals surface area contributed by atoms with Crippen molar-refractivity contribution in [2.75, 3.05) is 19.5 Å². The molecule has 0 aliphatic carbocycles. The van der Waals surface area contributed by atoms with E-state index in [9.17, 15) is 13.2 Å². The third kappa shape index (κ3) is 3.28. The van der Waals surface area contributed by atoms with Crippen LogP contribution in [-0.4, -0.2) is 34.4 Å². The quantitative estimate of drug-likeness (QED) is 0.733. The number of H-pyrrole nitrogens is 1. The Labute approximate surface area is 140 Å². The lowest BCUT2D eigenvalue weighted by molar-refractivity contribution is -0.139. The van der Waals surface area contributed by atoms with Gasteiger partial charge in [0.2, 0.25) is 0 Å². The lowest BCUT2D eigenvalue weighted by Gasteiger charge is -2.12. The minimum atomic E-state index is -4.59. The van der Waals surface area contributed by atoms with Gasteiger partial charge in [-0.3, -0.25) is 5.10 Å². The summed E-state index contributed by atoms with van der Waals surface area (Å²) < 4.78 is 49.7. The molecule has 0 unspecified atom stereocenters. The number of fused-ring (bicyclic) bond motifs is 1. The average Bonchev–Trinajstić information content (AvgIpc) is 3.04. The fraction of sp³-hybridized carbons (Fsp3) is 0.267. The Morgan fingerprint density at radius 1 is 1.16 bits per heavy atom. The normalized spacial score (nSPS) is 11.6. The second-order valence-corrected chi connectivity index (χ2v) is 5.05. The molecular weight excluding hydrogens is 339 g/mol. The fourth-order valence-electron chi connectivity index (χ4n) is 2.37. The van der Waals surface area contributed by atoms with Crippen LogP contribution >= 0.6 is 0 Å². The predicted octanol–water partition coefficient (Wildman–Crippen LogP) is 3.00. The summed E-state index contributed by atoms with van der Waals surface area (Å²) in [4.78, 5) is 7.66. The number of rotatable bonds is 5. The van der Waals surface area contributed by atoms with Crippen molar-refractivity contribution in [1.29, 1.82) is 0 Å². The predicted molar refractivity (Wildman–Crippen MR) is 83.6 cm³/mol. The van der Waals surface area contributed by atoms with Gasteiger partial charge in [0.1, 0.15) is 23.6 Å². The second kappa shape index (κ2) is 6.46. The highest BCUT2D eigenvalue weighted by Crippen LogP contribution is 2.35. The van der Waals surface area contributed by atoms with E-state index in [2.05, 4.69) is 20.4 Å². The molecule has 0 saturated heterocycles. The molecule has 7 nitrogen and oxygen atoms in total. The van der Waals surface area contributed by atoms with Crippen molar-refractivity contribution >= 4 is 16.9 Å². The van der Waals surface area contributed by atoms with Crippen LogP contribution < -0.4 is 14.8 Å². The Hall–Kier alpha value is -3.04. The van der Waals surface area contributed by atoms with E-state index in [-0.39, 0.29) is 23.4 Å². The fourth-order valence-corrected chi connectivity index (χ4v) is 2.37. The van der Waals surface area contributed by atoms with Crippen LogP contribution in [0.3, 0.4) is 0 Å². The van der Waals surface area contributed by atoms with E-state index in [1.54, 1.807) is 18.2 Å². The molecule has 25 heavy (non-hydrogen) atoms. The number of hydrogen-bond donors (Lipinski definition) is 2. The zero-order chi connectivity index (χ0) is 18.0. The average molecular weight is 353 g/mol. The number of methoxy groups -OCH3 is 2. The zero-order valence-corrected chi connectivity index (χ0v) is 13.3. The van der Waals surface area contributed by atoms with Crippen molar-refractivity contribution in [2.24, 2.45) is 0 Å². The Morgan fingerprint density at radius 2 is 1.96 bits per heavy atom. The van der Waals surface area contributed by atoms with Gasteiger partial charge < -0.3 is 14.8 Å². The van der Waals surface area contributed by atoms with Crippen molar-refractivity contribution in [3.63, 3.8) is 0 Å². The van der Waals surface area contributed by atoms with Gasteiger partial charge in [0.25, 0.3) is 0 Å². The molecule has 0 bridgehead atoms. The monoisotopic (exact) mass is 353 g/mol. The first kappa shape index (κ1) is 16.8. The van der Waals surface area contributed by atoms with Gasteiger partial charge in [0.15, 0.2) is 11.3 Å². The van der Waals surface area contributed by atoms with Gasteiger partial charge in [-0.25, -0.2) is 9.97 Å². The summed E-state index contributed by atoms with van der Waals surface area (Å²) in [7, 11) is 3.03. The molecule has 0 saturated carbocycles. The molecule has 0 radical (unpaired) electrons. The first-order valence-electron chi connectivity index (χ1n) is 7.15. The van der Waals surface area contributed by atoms with Crippen LogP contribution in [0.5, 0.6) is 11.5 Å². The summed E-state index contributed by atoms with van der Waals surface area (Å²) in [5, 5.41) is 8.23. The van der Waals surface area contributed by atoms with Gasteiger partial charge >= 0.3 is 6.18 Å². The number of ether oxygens (including phenoxy) is 2. The van der Waals surface area contributed by atoms with Gasteiger partial charge in [-0.05, 0) is 12.1 Å². The van der Waals surface area contributed by atoms with Crippen LogP contribution in [0.4, 0.5) is 19.0 Å². The maximum Gasteiger partial charge on any atom is 0.433 e. The lowest BCUT2D eigenvalue weighted by atomic mass is 10.2. The van der Waals surface area contributed by atoms with E-state index in [4.69, 9.17) is 9.47 Å². The molecule has 0 fully saturated rings. The molecule has 0 aliphatic rings. The SMILES string of the molecule is COc1ccc(CNc2ncnc3n[nH]c(C(F)(F)F)c23)c(OC)c1. The Kier molecular flexibility index (Phi) is 4.34. The second-order valence-electron chi connectivity index (χ2n) is 5.05. The molecular formula is C15H14F3N5O2. The molecule has 3 rings (SSSR count). The van der Waals surface area contributed by atoms with Gasteiger partial charge in [-0.1, -0.05) is 0 Å². The summed E-state index contributed by atoms with van der Waals surface area (Å²) in [6.07, 6.45) is -3.44. The van der Waals surface area contributed by atoms with Gasteiger partial charge in [-0.15, -0.1) is 0 Å². The molecule has 0 aliphatic heterocycles. The van der Waals surface area contributed by atoms with Gasteiger partial charge in [0, 0.05) is 18.2 Å². The smallest absolute Gasteiger partial charge is 0.433 e. The standard InChI is InChI=1S/C15H14F3N5O2/c1-24-9-4-3-8(10(5-9)25-2)6-19-13-11-12(15(16,17)18)22-23-14(11)21-7-20-13/h3-5,7H,6H2,1-2H3,(H2,19,20,21,22,23). The van der Waals surface area contributed by atoms with Crippen LogP contribution in [0.2, 0.25) is 0 Å². The van der Waals surface area contributed by atoms with E-state index in [1.807, 2.05) is 5.10 Å². The third-order valence-electron chi connectivity index (χ3n) is 3.57. The van der Waals surface area contributed by atoms with Gasteiger partial charge in [0.05, 0.1) is 19.6 Å². The summed E-state index contributed by atoms with van der Waals surface area (Å²) in [6, 6.07) is 5.17. The highest BCUT2D eigenvalue weighted by molar-refractivity contribution is 5.89. The van der Waals surface area contributed by atoms with Gasteiger partial charge in [-0.2, -0.15) is 18.3 Å². The van der Waals surface area contributed by atoms with Crippen molar-refractivity contribution in [3.05, 3.63) is 35.8 Å². The van der Waals surface area contributed by atoms with E-state index in [1.165, 1.54) is 14.2 Å². The number of alkyl halides is 3. The molecule has 132 valence electrons. The third-order valence-corrected chi connectivity index (χ3v) is 3.57. The van der Waals surface area contributed by atoms with E-state index < -0.39 is 11.9 Å². The van der Waals surface area contributed by atoms with E-state index >= 15 is 0 Å². The topological polar surface area (TPSA) is 85.0 Å². The number of aromatic amines is 1. The maximum atomic E-state index is 13.1. The number of anilines is 1. The van der Waals surface area contributed by atoms with Crippen molar-refractivity contribution in [3.8, 4) is 11.5 Å². The van der Waals surface area contributed by atoms with Crippen LogP contribution in [0.25, 0.3) is 11.0 Å². The number of hydrogen-bond acceptors (Lipinski definition) is 6. The summed E-state index contributed by atoms with van der Waals surface area (Å²) in [5.41, 5.74) is -0.328. The minimum absolute atomic E-state index is 0.0314. The molecule has 0 amide bonds. The van der Waals surface area contributed by atoms with Crippen LogP contribution in [0.15, 0.2) is 24.5 Å². The van der Waals surface area contributed by atoms with Crippen molar-refractivity contribution in [1.82, 2.24) is 20.2 Å². The summed E-state index contributed by atoms with van der Waals surface area (Å²) in [6.45, 7) is 0.196.